The third kappa shape index (κ3) is 4.56. The Balaban J connectivity index is 1.44. The first-order chi connectivity index (χ1) is 15.6. The Morgan fingerprint density at radius 2 is 1.91 bits per heavy atom. The molecule has 32 heavy (non-hydrogen) atoms. The van der Waals surface area contributed by atoms with E-state index >= 15 is 0 Å². The van der Waals surface area contributed by atoms with Gasteiger partial charge in [0.15, 0.2) is 22.7 Å². The van der Waals surface area contributed by atoms with E-state index in [2.05, 4.69) is 21.3 Å². The molecule has 7 nitrogen and oxygen atoms in total. The second-order valence-corrected chi connectivity index (χ2v) is 8.68. The number of thioether (sulfide) groups is 1. The normalized spacial score (nSPS) is 11.7. The molecule has 0 aliphatic heterocycles. The van der Waals surface area contributed by atoms with Gasteiger partial charge < -0.3 is 9.30 Å². The van der Waals surface area contributed by atoms with Gasteiger partial charge >= 0.3 is 0 Å². The summed E-state index contributed by atoms with van der Waals surface area (Å²) in [5, 5.41) is 21.1. The van der Waals surface area contributed by atoms with Gasteiger partial charge in [-0.1, -0.05) is 42.1 Å². The van der Waals surface area contributed by atoms with Gasteiger partial charge in [-0.05, 0) is 24.3 Å². The van der Waals surface area contributed by atoms with Crippen molar-refractivity contribution in [3.8, 4) is 34.5 Å². The summed E-state index contributed by atoms with van der Waals surface area (Å²) in [6.07, 6.45) is 0. The Hall–Kier alpha value is -3.48. The van der Waals surface area contributed by atoms with E-state index in [4.69, 9.17) is 4.74 Å². The fraction of sp³-hybridized carbons (Fsp3) is 0.174. The maximum atomic E-state index is 12.8. The van der Waals surface area contributed by atoms with Crippen LogP contribution < -0.4 is 4.74 Å². The van der Waals surface area contributed by atoms with Crippen molar-refractivity contribution in [1.29, 1.82) is 5.26 Å². The summed E-state index contributed by atoms with van der Waals surface area (Å²) < 4.78 is 7.02. The van der Waals surface area contributed by atoms with Crippen LogP contribution in [0.5, 0.6) is 5.75 Å². The summed E-state index contributed by atoms with van der Waals surface area (Å²) in [6, 6.07) is 19.3. The minimum atomic E-state index is -0.903. The summed E-state index contributed by atoms with van der Waals surface area (Å²) in [5.41, 5.74) is 2.62. The van der Waals surface area contributed by atoms with Crippen LogP contribution in [0.3, 0.4) is 0 Å². The number of thiazole rings is 1. The van der Waals surface area contributed by atoms with Crippen LogP contribution in [-0.2, 0) is 11.8 Å². The number of hydrogen-bond donors (Lipinski definition) is 0. The summed E-state index contributed by atoms with van der Waals surface area (Å²) >= 11 is 2.59. The Bertz CT molecular complexity index is 1260. The van der Waals surface area contributed by atoms with E-state index in [9.17, 15) is 10.1 Å². The van der Waals surface area contributed by atoms with Crippen LogP contribution in [0.25, 0.3) is 22.6 Å². The molecule has 160 valence electrons. The first-order valence-electron chi connectivity index (χ1n) is 9.70. The molecule has 0 N–H and O–H groups in total. The number of carbonyl (C=O) groups excluding carboxylic acids is 1. The molecule has 0 aliphatic carbocycles. The van der Waals surface area contributed by atoms with E-state index in [0.717, 1.165) is 22.6 Å². The number of hydrogen-bond acceptors (Lipinski definition) is 8. The second-order valence-electron chi connectivity index (χ2n) is 6.85. The summed E-state index contributed by atoms with van der Waals surface area (Å²) in [7, 11) is 3.47. The highest BCUT2D eigenvalue weighted by molar-refractivity contribution is 7.99. The van der Waals surface area contributed by atoms with Gasteiger partial charge in [-0.3, -0.25) is 4.79 Å². The van der Waals surface area contributed by atoms with Crippen molar-refractivity contribution in [2.24, 2.45) is 7.05 Å². The molecule has 0 saturated heterocycles. The molecule has 1 unspecified atom stereocenters. The SMILES string of the molecule is COc1ccc(-c2nnc(SCC(=O)C(C#N)c3nc(-c4ccccc4)cs3)n2C)cc1. The second kappa shape index (κ2) is 9.77. The molecule has 0 spiro atoms. The third-order valence-corrected chi connectivity index (χ3v) is 6.77. The molecule has 0 radical (unpaired) electrons. The summed E-state index contributed by atoms with van der Waals surface area (Å²) in [6.45, 7) is 0. The van der Waals surface area contributed by atoms with E-state index in [1.165, 1.54) is 23.1 Å². The van der Waals surface area contributed by atoms with Crippen LogP contribution in [0.2, 0.25) is 0 Å². The van der Waals surface area contributed by atoms with Crippen LogP contribution in [0, 0.1) is 11.3 Å². The Labute approximate surface area is 193 Å². The van der Waals surface area contributed by atoms with Crippen molar-refractivity contribution >= 4 is 28.9 Å². The van der Waals surface area contributed by atoms with Crippen molar-refractivity contribution in [2.45, 2.75) is 11.1 Å². The molecular weight excluding hydrogens is 442 g/mol. The van der Waals surface area contributed by atoms with Crippen molar-refractivity contribution in [2.75, 3.05) is 12.9 Å². The van der Waals surface area contributed by atoms with Crippen LogP contribution in [0.1, 0.15) is 10.9 Å². The number of methoxy groups -OCH3 is 1. The van der Waals surface area contributed by atoms with E-state index in [0.29, 0.717) is 16.0 Å². The zero-order valence-electron chi connectivity index (χ0n) is 17.4. The van der Waals surface area contributed by atoms with Crippen LogP contribution in [0.4, 0.5) is 0 Å². The van der Waals surface area contributed by atoms with Gasteiger partial charge in [0.25, 0.3) is 0 Å². The first-order valence-corrected chi connectivity index (χ1v) is 11.6. The molecule has 0 bridgehead atoms. The number of ketones is 1. The van der Waals surface area contributed by atoms with Crippen molar-refractivity contribution in [1.82, 2.24) is 19.7 Å². The number of benzene rings is 2. The predicted octanol–water partition coefficient (Wildman–Crippen LogP) is 4.58. The molecule has 0 amide bonds. The van der Waals surface area contributed by atoms with Crippen molar-refractivity contribution in [3.05, 3.63) is 65.0 Å². The Kier molecular flexibility index (Phi) is 6.63. The van der Waals surface area contributed by atoms with Gasteiger partial charge in [0.2, 0.25) is 0 Å². The average molecular weight is 462 g/mol. The number of aromatic nitrogens is 4. The Morgan fingerprint density at radius 3 is 2.59 bits per heavy atom. The minimum Gasteiger partial charge on any atom is -0.497 e. The molecule has 4 aromatic rings. The molecule has 9 heteroatoms. The summed E-state index contributed by atoms with van der Waals surface area (Å²) in [4.78, 5) is 17.3. The maximum Gasteiger partial charge on any atom is 0.191 e. The predicted molar refractivity (Wildman–Crippen MR) is 125 cm³/mol. The van der Waals surface area contributed by atoms with Gasteiger partial charge in [-0.2, -0.15) is 5.26 Å². The highest BCUT2D eigenvalue weighted by atomic mass is 32.2. The quantitative estimate of drug-likeness (QED) is 0.354. The molecular formula is C23H19N5O2S2. The zero-order valence-corrected chi connectivity index (χ0v) is 19.1. The standard InChI is InChI=1S/C23H19N5O2S2/c1-28-21(16-8-10-17(30-2)11-9-16)26-27-23(28)32-14-20(29)18(12-24)22-25-19(13-31-22)15-6-4-3-5-7-15/h3-11,13,18H,14H2,1-2H3. The van der Waals surface area contributed by atoms with Crippen LogP contribution in [-0.4, -0.2) is 38.4 Å². The fourth-order valence-electron chi connectivity index (χ4n) is 3.08. The summed E-state index contributed by atoms with van der Waals surface area (Å²) in [5.74, 6) is 0.440. The molecule has 2 aromatic carbocycles. The largest absolute Gasteiger partial charge is 0.497 e. The van der Waals surface area contributed by atoms with E-state index in [1.807, 2.05) is 71.6 Å². The molecule has 0 aliphatic rings. The number of Topliss-reactive ketones (excluding diaryl/α,β-unsaturated/α-hetero) is 1. The average Bonchev–Trinajstić information content (AvgIpc) is 3.46. The van der Waals surface area contributed by atoms with Crippen LogP contribution in [0.15, 0.2) is 65.1 Å². The molecule has 1 atom stereocenters. The van der Waals surface area contributed by atoms with Crippen molar-refractivity contribution < 1.29 is 9.53 Å². The number of carbonyl (C=O) groups is 1. The highest BCUT2D eigenvalue weighted by Crippen LogP contribution is 2.29. The zero-order chi connectivity index (χ0) is 22.5. The van der Waals surface area contributed by atoms with Gasteiger partial charge in [0, 0.05) is 23.6 Å². The maximum absolute atomic E-state index is 12.8. The molecule has 4 rings (SSSR count). The van der Waals surface area contributed by atoms with Gasteiger partial charge in [-0.25, -0.2) is 4.98 Å². The number of nitrogens with zero attached hydrogens (tertiary/aromatic N) is 5. The van der Waals surface area contributed by atoms with Crippen molar-refractivity contribution in [3.63, 3.8) is 0 Å². The number of rotatable bonds is 8. The molecule has 2 heterocycles. The Morgan fingerprint density at radius 1 is 1.16 bits per heavy atom. The number of nitriles is 1. The monoisotopic (exact) mass is 461 g/mol. The van der Waals surface area contributed by atoms with Gasteiger partial charge in [0.05, 0.1) is 24.6 Å². The molecule has 0 saturated carbocycles. The lowest BCUT2D eigenvalue weighted by molar-refractivity contribution is -0.116. The fourth-order valence-corrected chi connectivity index (χ4v) is 4.79. The lowest BCUT2D eigenvalue weighted by atomic mass is 10.1. The minimum absolute atomic E-state index is 0.104. The van der Waals surface area contributed by atoms with E-state index < -0.39 is 5.92 Å². The lowest BCUT2D eigenvalue weighted by Crippen LogP contribution is -2.13. The highest BCUT2D eigenvalue weighted by Gasteiger charge is 2.25. The third-order valence-electron chi connectivity index (χ3n) is 4.82. The number of ether oxygens (including phenoxy) is 1. The molecule has 0 fully saturated rings. The van der Waals surface area contributed by atoms with Gasteiger partial charge in [0.1, 0.15) is 10.8 Å². The smallest absolute Gasteiger partial charge is 0.191 e. The van der Waals surface area contributed by atoms with E-state index in [-0.39, 0.29) is 11.5 Å². The van der Waals surface area contributed by atoms with Crippen LogP contribution >= 0.6 is 23.1 Å². The lowest BCUT2D eigenvalue weighted by Gasteiger charge is -2.06. The topological polar surface area (TPSA) is 93.7 Å². The first kappa shape index (κ1) is 21.7. The van der Waals surface area contributed by atoms with Gasteiger partial charge in [-0.15, -0.1) is 21.5 Å². The van der Waals surface area contributed by atoms with E-state index in [1.54, 1.807) is 7.11 Å². The molecule has 2 aromatic heterocycles.